The van der Waals surface area contributed by atoms with E-state index in [0.717, 1.165) is 43.4 Å². The van der Waals surface area contributed by atoms with Gasteiger partial charge in [-0.25, -0.2) is 0 Å². The summed E-state index contributed by atoms with van der Waals surface area (Å²) in [6, 6.07) is 5.98. The van der Waals surface area contributed by atoms with Gasteiger partial charge in [0, 0.05) is 35.1 Å². The van der Waals surface area contributed by atoms with Gasteiger partial charge < -0.3 is 10.2 Å². The number of likely N-dealkylation sites (N-methyl/N-ethyl adjacent to an activating group) is 1. The molecule has 4 aliphatic rings. The van der Waals surface area contributed by atoms with Crippen LogP contribution in [0, 0.1) is 41.4 Å². The SMILES string of the molecule is Cc1ccc(Cl)cc1NC(=O)C1CC[C@H]2[C@@H]3CCC4N(C)C(=O)C=C[C@]4(C)[C@@H]3CC[C@]12C. The molecule has 4 nitrogen and oxygen atoms in total. The van der Waals surface area contributed by atoms with Crippen molar-refractivity contribution in [2.45, 2.75) is 65.3 Å². The van der Waals surface area contributed by atoms with Gasteiger partial charge >= 0.3 is 0 Å². The minimum absolute atomic E-state index is 0.0427. The number of fused-ring (bicyclic) bond motifs is 5. The second-order valence-electron chi connectivity index (χ2n) is 11.2. The minimum Gasteiger partial charge on any atom is -0.338 e. The van der Waals surface area contributed by atoms with Crippen molar-refractivity contribution >= 4 is 29.1 Å². The van der Waals surface area contributed by atoms with Crippen LogP contribution in [0.3, 0.4) is 0 Å². The van der Waals surface area contributed by atoms with Gasteiger partial charge in [0.05, 0.1) is 0 Å². The summed E-state index contributed by atoms with van der Waals surface area (Å²) in [5, 5.41) is 3.86. The fourth-order valence-electron chi connectivity index (χ4n) is 8.12. The normalized spacial score (nSPS) is 40.5. The quantitative estimate of drug-likeness (QED) is 0.610. The smallest absolute Gasteiger partial charge is 0.246 e. The zero-order valence-electron chi connectivity index (χ0n) is 19.7. The highest BCUT2D eigenvalue weighted by molar-refractivity contribution is 6.31. The van der Waals surface area contributed by atoms with Crippen molar-refractivity contribution in [3.63, 3.8) is 0 Å². The maximum Gasteiger partial charge on any atom is 0.246 e. The molecule has 1 N–H and O–H groups in total. The van der Waals surface area contributed by atoms with Gasteiger partial charge in [0.2, 0.25) is 11.8 Å². The zero-order valence-corrected chi connectivity index (χ0v) is 20.4. The number of carbonyl (C=O) groups excluding carboxylic acids is 2. The first-order chi connectivity index (χ1) is 15.1. The molecule has 1 aliphatic heterocycles. The van der Waals surface area contributed by atoms with E-state index in [1.807, 2.05) is 37.1 Å². The van der Waals surface area contributed by atoms with Crippen LogP contribution in [0.2, 0.25) is 5.02 Å². The molecular weight excluding hydrogens is 420 g/mol. The highest BCUT2D eigenvalue weighted by Crippen LogP contribution is 2.65. The number of anilines is 1. The molecule has 32 heavy (non-hydrogen) atoms. The van der Waals surface area contributed by atoms with Crippen molar-refractivity contribution in [2.24, 2.45) is 34.5 Å². The fourth-order valence-corrected chi connectivity index (χ4v) is 8.29. The zero-order chi connectivity index (χ0) is 22.8. The molecule has 1 aromatic rings. The molecule has 1 aromatic carbocycles. The highest BCUT2D eigenvalue weighted by atomic mass is 35.5. The van der Waals surface area contributed by atoms with E-state index in [0.29, 0.717) is 28.8 Å². The Hall–Kier alpha value is -1.81. The summed E-state index contributed by atoms with van der Waals surface area (Å²) in [4.78, 5) is 27.7. The van der Waals surface area contributed by atoms with Gasteiger partial charge in [-0.15, -0.1) is 0 Å². The summed E-state index contributed by atoms with van der Waals surface area (Å²) in [6.45, 7) is 6.75. The molecule has 0 spiro atoms. The molecule has 3 saturated carbocycles. The lowest BCUT2D eigenvalue weighted by Gasteiger charge is -2.60. The van der Waals surface area contributed by atoms with Gasteiger partial charge in [-0.3, -0.25) is 9.59 Å². The number of nitrogens with one attached hydrogen (secondary N) is 1. The summed E-state index contributed by atoms with van der Waals surface area (Å²) < 4.78 is 0. The maximum atomic E-state index is 13.5. The maximum absolute atomic E-state index is 13.5. The number of rotatable bonds is 2. The number of nitrogens with zero attached hydrogens (tertiary/aromatic N) is 1. The number of amides is 2. The fraction of sp³-hybridized carbons (Fsp3) is 0.630. The van der Waals surface area contributed by atoms with Crippen molar-refractivity contribution in [2.75, 3.05) is 12.4 Å². The Bertz CT molecular complexity index is 990. The van der Waals surface area contributed by atoms with Crippen LogP contribution < -0.4 is 5.32 Å². The molecule has 1 heterocycles. The molecule has 3 fully saturated rings. The van der Waals surface area contributed by atoms with Crippen molar-refractivity contribution in [1.29, 1.82) is 0 Å². The molecule has 3 aliphatic carbocycles. The lowest BCUT2D eigenvalue weighted by atomic mass is 9.47. The number of hydrogen-bond acceptors (Lipinski definition) is 2. The lowest BCUT2D eigenvalue weighted by molar-refractivity contribution is -0.141. The van der Waals surface area contributed by atoms with Crippen molar-refractivity contribution < 1.29 is 9.59 Å². The Morgan fingerprint density at radius 1 is 1.12 bits per heavy atom. The van der Waals surface area contributed by atoms with Gasteiger partial charge in [-0.2, -0.15) is 0 Å². The van der Waals surface area contributed by atoms with Gasteiger partial charge in [0.1, 0.15) is 0 Å². The molecule has 2 unspecified atom stereocenters. The predicted octanol–water partition coefficient (Wildman–Crippen LogP) is 5.84. The Labute approximate surface area is 196 Å². The first kappa shape index (κ1) is 22.0. The van der Waals surface area contributed by atoms with Crippen molar-refractivity contribution in [1.82, 2.24) is 4.90 Å². The van der Waals surface area contributed by atoms with E-state index >= 15 is 0 Å². The summed E-state index contributed by atoms with van der Waals surface area (Å²) in [6.07, 6.45) is 10.6. The third kappa shape index (κ3) is 3.16. The van der Waals surface area contributed by atoms with Gasteiger partial charge in [-0.05, 0) is 92.4 Å². The molecule has 2 amide bonds. The van der Waals surface area contributed by atoms with Crippen LogP contribution in [-0.2, 0) is 9.59 Å². The summed E-state index contributed by atoms with van der Waals surface area (Å²) in [5.74, 6) is 2.13. The second-order valence-corrected chi connectivity index (χ2v) is 11.7. The van der Waals surface area contributed by atoms with Crippen LogP contribution in [0.1, 0.15) is 57.9 Å². The van der Waals surface area contributed by atoms with E-state index in [1.165, 1.54) is 6.42 Å². The molecule has 5 rings (SSSR count). The number of aryl methyl sites for hydroxylation is 1. The summed E-state index contributed by atoms with van der Waals surface area (Å²) >= 11 is 6.18. The predicted molar refractivity (Wildman–Crippen MR) is 128 cm³/mol. The number of carbonyl (C=O) groups is 2. The van der Waals surface area contributed by atoms with E-state index < -0.39 is 0 Å². The molecule has 7 atom stereocenters. The topological polar surface area (TPSA) is 49.4 Å². The number of halogens is 1. The van der Waals surface area contributed by atoms with Gasteiger partial charge in [-0.1, -0.05) is 37.6 Å². The van der Waals surface area contributed by atoms with E-state index in [9.17, 15) is 9.59 Å². The number of benzene rings is 1. The van der Waals surface area contributed by atoms with E-state index in [4.69, 9.17) is 11.6 Å². The molecule has 0 bridgehead atoms. The Balaban J connectivity index is 1.38. The van der Waals surface area contributed by atoms with Crippen molar-refractivity contribution in [3.05, 3.63) is 40.9 Å². The molecule has 0 saturated heterocycles. The van der Waals surface area contributed by atoms with E-state index in [2.05, 4.69) is 25.2 Å². The molecular formula is C27H35ClN2O2. The van der Waals surface area contributed by atoms with Crippen LogP contribution >= 0.6 is 11.6 Å². The van der Waals surface area contributed by atoms with Gasteiger partial charge in [0.25, 0.3) is 0 Å². The average Bonchev–Trinajstić information content (AvgIpc) is 3.11. The first-order valence-electron chi connectivity index (χ1n) is 12.2. The molecule has 5 heteroatoms. The van der Waals surface area contributed by atoms with E-state index in [-0.39, 0.29) is 28.6 Å². The Morgan fingerprint density at radius 3 is 2.69 bits per heavy atom. The average molecular weight is 455 g/mol. The van der Waals surface area contributed by atoms with Crippen LogP contribution in [0.25, 0.3) is 0 Å². The lowest BCUT2D eigenvalue weighted by Crippen LogP contribution is -2.59. The van der Waals surface area contributed by atoms with Crippen LogP contribution in [0.5, 0.6) is 0 Å². The largest absolute Gasteiger partial charge is 0.338 e. The molecule has 172 valence electrons. The van der Waals surface area contributed by atoms with Crippen LogP contribution in [0.15, 0.2) is 30.4 Å². The van der Waals surface area contributed by atoms with Crippen molar-refractivity contribution in [3.8, 4) is 0 Å². The Kier molecular flexibility index (Phi) is 5.24. The third-order valence-corrected chi connectivity index (χ3v) is 10.1. The number of hydrogen-bond donors (Lipinski definition) is 1. The second kappa shape index (κ2) is 7.62. The molecule has 0 aromatic heterocycles. The standard InChI is InChI=1S/C27H35ClN2O2/c1-16-5-6-17(28)15-22(16)29-25(32)21-9-8-19-18-7-10-23-27(3,14-12-24(31)30(23)4)20(18)11-13-26(19,21)2/h5-6,12,14-15,18-21,23H,7-11,13H2,1-4H3,(H,29,32)/t18-,19-,20+,21?,23?,26-,27+/m0/s1. The summed E-state index contributed by atoms with van der Waals surface area (Å²) in [7, 11) is 1.97. The summed E-state index contributed by atoms with van der Waals surface area (Å²) in [5.41, 5.74) is 1.96. The molecule has 0 radical (unpaired) electrons. The third-order valence-electron chi connectivity index (χ3n) is 9.90. The Morgan fingerprint density at radius 2 is 1.91 bits per heavy atom. The van der Waals surface area contributed by atoms with Crippen LogP contribution in [-0.4, -0.2) is 29.8 Å². The van der Waals surface area contributed by atoms with Crippen LogP contribution in [0.4, 0.5) is 5.69 Å². The monoisotopic (exact) mass is 454 g/mol. The van der Waals surface area contributed by atoms with Gasteiger partial charge in [0.15, 0.2) is 0 Å². The first-order valence-corrected chi connectivity index (χ1v) is 12.6. The minimum atomic E-state index is 0.0427. The highest BCUT2D eigenvalue weighted by Gasteiger charge is 2.61. The van der Waals surface area contributed by atoms with E-state index in [1.54, 1.807) is 6.08 Å².